The smallest absolute Gasteiger partial charge is 0.228 e. The molecule has 1 saturated heterocycles. The van der Waals surface area contributed by atoms with Gasteiger partial charge in [0, 0.05) is 36.3 Å². The van der Waals surface area contributed by atoms with Gasteiger partial charge in [0.15, 0.2) is 10.7 Å². The van der Waals surface area contributed by atoms with Crippen molar-refractivity contribution < 1.29 is 14.3 Å². The summed E-state index contributed by atoms with van der Waals surface area (Å²) in [4.78, 5) is 24.3. The number of amides is 1. The lowest BCUT2D eigenvalue weighted by Gasteiger charge is -2.24. The molecule has 2 aromatic carbocycles. The van der Waals surface area contributed by atoms with Crippen LogP contribution in [0.5, 0.6) is 0 Å². The molecule has 9 heteroatoms. The molecule has 166 valence electrons. The molecule has 0 spiro atoms. The van der Waals surface area contributed by atoms with Crippen molar-refractivity contribution in [2.24, 2.45) is 0 Å². The minimum Gasteiger partial charge on any atom is -0.462 e. The molecule has 1 unspecified atom stereocenters. The molecule has 5 nitrogen and oxygen atoms in total. The minimum atomic E-state index is -1.14. The van der Waals surface area contributed by atoms with Crippen molar-refractivity contribution in [3.8, 4) is 6.07 Å². The minimum absolute atomic E-state index is 0.0734. The topological polar surface area (TPSA) is 70.4 Å². The van der Waals surface area contributed by atoms with Crippen molar-refractivity contribution in [3.05, 3.63) is 71.8 Å². The van der Waals surface area contributed by atoms with Crippen LogP contribution in [0.1, 0.15) is 35.7 Å². The standard InChI is InChI=1S/C16H16N2O2S3.C7H6OS/c1-16(11-17,20-14(21)12-5-3-2-4-6-12)8-7-13(19)18-9-10-23-15(18)22;8-7(9)6-4-2-1-3-5-6/h2-6H,7-10H2,1H3;1-5H,(H,8,9). The Morgan fingerprint density at radius 1 is 1.16 bits per heavy atom. The third-order valence-electron chi connectivity index (χ3n) is 4.46. The summed E-state index contributed by atoms with van der Waals surface area (Å²) in [6.07, 6.45) is 0.460. The monoisotopic (exact) mass is 502 g/mol. The number of hydrogen-bond acceptors (Lipinski definition) is 7. The van der Waals surface area contributed by atoms with Gasteiger partial charge >= 0.3 is 0 Å². The van der Waals surface area contributed by atoms with E-state index in [0.29, 0.717) is 16.4 Å². The number of carbonyl (C=O) groups excluding carboxylic acids is 2. The van der Waals surface area contributed by atoms with Gasteiger partial charge < -0.3 is 4.74 Å². The highest BCUT2D eigenvalue weighted by atomic mass is 32.2. The first-order chi connectivity index (χ1) is 15.3. The predicted molar refractivity (Wildman–Crippen MR) is 139 cm³/mol. The highest BCUT2D eigenvalue weighted by Crippen LogP contribution is 2.23. The summed E-state index contributed by atoms with van der Waals surface area (Å²) in [5.41, 5.74) is 0.241. The Balaban J connectivity index is 0.000000336. The first-order valence-electron chi connectivity index (χ1n) is 9.71. The third-order valence-corrected chi connectivity index (χ3v) is 6.47. The van der Waals surface area contributed by atoms with Gasteiger partial charge in [-0.3, -0.25) is 14.5 Å². The van der Waals surface area contributed by atoms with Crippen molar-refractivity contribution in [1.82, 2.24) is 4.90 Å². The van der Waals surface area contributed by atoms with Crippen LogP contribution in [0.15, 0.2) is 60.7 Å². The summed E-state index contributed by atoms with van der Waals surface area (Å²) in [6, 6.07) is 20.3. The maximum atomic E-state index is 12.2. The fourth-order valence-electron chi connectivity index (χ4n) is 2.65. The average molecular weight is 503 g/mol. The number of nitriles is 1. The second kappa shape index (κ2) is 12.7. The van der Waals surface area contributed by atoms with E-state index < -0.39 is 5.60 Å². The summed E-state index contributed by atoms with van der Waals surface area (Å²) in [5, 5.41) is 9.50. The van der Waals surface area contributed by atoms with Crippen LogP contribution in [0.2, 0.25) is 0 Å². The number of carbonyl (C=O) groups is 2. The second-order valence-electron chi connectivity index (χ2n) is 6.93. The highest BCUT2D eigenvalue weighted by Gasteiger charge is 2.31. The van der Waals surface area contributed by atoms with E-state index in [1.165, 1.54) is 11.8 Å². The quantitative estimate of drug-likeness (QED) is 0.437. The van der Waals surface area contributed by atoms with Gasteiger partial charge in [0.25, 0.3) is 0 Å². The molecule has 0 radical (unpaired) electrons. The Kier molecular flexibility index (Phi) is 10.3. The number of thiocarbonyl (C=S) groups is 2. The lowest BCUT2D eigenvalue weighted by Crippen LogP contribution is -2.35. The highest BCUT2D eigenvalue weighted by molar-refractivity contribution is 8.23. The van der Waals surface area contributed by atoms with Crippen molar-refractivity contribution in [2.45, 2.75) is 25.4 Å². The molecule has 3 rings (SSSR count). The van der Waals surface area contributed by atoms with Crippen molar-refractivity contribution in [3.63, 3.8) is 0 Å². The van der Waals surface area contributed by atoms with Gasteiger partial charge in [0.2, 0.25) is 11.0 Å². The van der Waals surface area contributed by atoms with Crippen LogP contribution in [-0.4, -0.2) is 43.2 Å². The fraction of sp³-hybridized carbons (Fsp3) is 0.261. The Labute approximate surface area is 208 Å². The molecule has 32 heavy (non-hydrogen) atoms. The molecule has 1 fully saturated rings. The molecule has 0 bridgehead atoms. The first kappa shape index (κ1) is 26.0. The Bertz CT molecular complexity index is 1010. The number of nitrogens with zero attached hydrogens (tertiary/aromatic N) is 2. The first-order valence-corrected chi connectivity index (χ1v) is 12.0. The molecule has 1 heterocycles. The molecular weight excluding hydrogens is 481 g/mol. The number of thioether (sulfide) groups is 1. The van der Waals surface area contributed by atoms with E-state index in [0.717, 1.165) is 11.3 Å². The number of hydrogen-bond donors (Lipinski definition) is 1. The van der Waals surface area contributed by atoms with Crippen molar-refractivity contribution >= 4 is 69.2 Å². The normalized spacial score (nSPS) is 14.4. The van der Waals surface area contributed by atoms with Gasteiger partial charge in [0.1, 0.15) is 10.4 Å². The Morgan fingerprint density at radius 3 is 2.16 bits per heavy atom. The second-order valence-corrected chi connectivity index (χ2v) is 9.43. The molecule has 1 aliphatic rings. The number of benzene rings is 2. The Hall–Kier alpha value is -2.25. The molecule has 1 atom stereocenters. The maximum Gasteiger partial charge on any atom is 0.228 e. The largest absolute Gasteiger partial charge is 0.462 e. The van der Waals surface area contributed by atoms with Gasteiger partial charge in [-0.2, -0.15) is 5.26 Å². The molecule has 1 amide bonds. The van der Waals surface area contributed by atoms with E-state index >= 15 is 0 Å². The zero-order chi connectivity index (χ0) is 23.6. The van der Waals surface area contributed by atoms with E-state index in [9.17, 15) is 14.9 Å². The third kappa shape index (κ3) is 8.02. The van der Waals surface area contributed by atoms with Crippen LogP contribution in [-0.2, 0) is 9.53 Å². The summed E-state index contributed by atoms with van der Waals surface area (Å²) in [6.45, 7) is 2.28. The molecule has 1 aliphatic heterocycles. The van der Waals surface area contributed by atoms with Crippen LogP contribution < -0.4 is 0 Å². The predicted octanol–water partition coefficient (Wildman–Crippen LogP) is 5.06. The number of thiol groups is 1. The molecule has 0 aromatic heterocycles. The van der Waals surface area contributed by atoms with Gasteiger partial charge in [-0.1, -0.05) is 84.6 Å². The molecule has 0 N–H and O–H groups in total. The van der Waals surface area contributed by atoms with Crippen LogP contribution >= 0.6 is 48.8 Å². The van der Waals surface area contributed by atoms with E-state index in [1.807, 2.05) is 48.5 Å². The van der Waals surface area contributed by atoms with Crippen LogP contribution in [0, 0.1) is 11.3 Å². The van der Waals surface area contributed by atoms with Crippen molar-refractivity contribution in [2.75, 3.05) is 12.3 Å². The van der Waals surface area contributed by atoms with E-state index in [2.05, 4.69) is 18.7 Å². The average Bonchev–Trinajstić information content (AvgIpc) is 3.25. The SMILES string of the molecule is CC(C#N)(CCC(=O)N1CCSC1=S)OC(=S)c1ccccc1.O=C(S)c1ccccc1. The van der Waals surface area contributed by atoms with Crippen LogP contribution in [0.3, 0.4) is 0 Å². The van der Waals surface area contributed by atoms with Crippen molar-refractivity contribution in [1.29, 1.82) is 5.26 Å². The lowest BCUT2D eigenvalue weighted by molar-refractivity contribution is -0.127. The summed E-state index contributed by atoms with van der Waals surface area (Å²) in [7, 11) is 0. The zero-order valence-electron chi connectivity index (χ0n) is 17.4. The fourth-order valence-corrected chi connectivity index (χ4v) is 4.36. The van der Waals surface area contributed by atoms with E-state index in [4.69, 9.17) is 29.2 Å². The van der Waals surface area contributed by atoms with Gasteiger partial charge in [-0.15, -0.1) is 12.6 Å². The summed E-state index contributed by atoms with van der Waals surface area (Å²) < 4.78 is 6.28. The summed E-state index contributed by atoms with van der Waals surface area (Å²) >= 11 is 15.5. The van der Waals surface area contributed by atoms with Gasteiger partial charge in [-0.25, -0.2) is 0 Å². The zero-order valence-corrected chi connectivity index (χ0v) is 20.7. The molecule has 0 saturated carbocycles. The lowest BCUT2D eigenvalue weighted by atomic mass is 10.0. The van der Waals surface area contributed by atoms with Crippen LogP contribution in [0.4, 0.5) is 0 Å². The Morgan fingerprint density at radius 2 is 1.72 bits per heavy atom. The molecule has 0 aliphatic carbocycles. The number of rotatable bonds is 6. The summed E-state index contributed by atoms with van der Waals surface area (Å²) in [5.74, 6) is 0.755. The maximum absolute atomic E-state index is 12.2. The molecular formula is C23H22N2O3S4. The number of ether oxygens (including phenoxy) is 1. The molecule has 2 aromatic rings. The van der Waals surface area contributed by atoms with Crippen LogP contribution in [0.25, 0.3) is 0 Å². The van der Waals surface area contributed by atoms with E-state index in [1.54, 1.807) is 24.0 Å². The van der Waals surface area contributed by atoms with E-state index in [-0.39, 0.29) is 28.9 Å². The van der Waals surface area contributed by atoms with Gasteiger partial charge in [0.05, 0.1) is 0 Å². The van der Waals surface area contributed by atoms with Gasteiger partial charge in [-0.05, 0) is 19.1 Å².